The fourth-order valence-electron chi connectivity index (χ4n) is 1.97. The van der Waals surface area contributed by atoms with E-state index < -0.39 is 67.3 Å². The van der Waals surface area contributed by atoms with Gasteiger partial charge in [-0.2, -0.15) is 57.1 Å². The average Bonchev–Trinajstić information content (AvgIpc) is 2.60. The molecule has 1 aromatic rings. The molecule has 4 nitrogen and oxygen atoms in total. The van der Waals surface area contributed by atoms with Crippen LogP contribution in [-0.4, -0.2) is 64.5 Å². The van der Waals surface area contributed by atoms with Crippen LogP contribution in [0.15, 0.2) is 18.3 Å². The summed E-state index contributed by atoms with van der Waals surface area (Å²) < 4.78 is 173. The van der Waals surface area contributed by atoms with Crippen LogP contribution in [0.1, 0.15) is 6.42 Å². The quantitative estimate of drug-likeness (QED) is 0.417. The van der Waals surface area contributed by atoms with E-state index in [1.807, 2.05) is 0 Å². The molecule has 0 bridgehead atoms. The maximum atomic E-state index is 13.6. The van der Waals surface area contributed by atoms with Crippen molar-refractivity contribution in [2.24, 2.45) is 0 Å². The smallest absolute Gasteiger partial charge is 0.492 e. The summed E-state index contributed by atoms with van der Waals surface area (Å²) in [5, 5.41) is 17.9. The van der Waals surface area contributed by atoms with Crippen LogP contribution in [0.4, 0.5) is 57.1 Å². The Morgan fingerprint density at radius 3 is 1.71 bits per heavy atom. The van der Waals surface area contributed by atoms with E-state index in [2.05, 4.69) is 9.72 Å². The first-order chi connectivity index (χ1) is 13.6. The van der Waals surface area contributed by atoms with Crippen molar-refractivity contribution in [3.63, 3.8) is 0 Å². The van der Waals surface area contributed by atoms with Crippen molar-refractivity contribution in [2.45, 2.75) is 42.2 Å². The van der Waals surface area contributed by atoms with E-state index in [1.54, 1.807) is 0 Å². The van der Waals surface area contributed by atoms with Crippen LogP contribution in [0.25, 0.3) is 0 Å². The summed E-state index contributed by atoms with van der Waals surface area (Å²) in [5.41, 5.74) is -0.765. The fraction of sp³-hybridized carbons (Fsp3) is 0.615. The van der Waals surface area contributed by atoms with Crippen molar-refractivity contribution in [1.82, 2.24) is 4.98 Å². The summed E-state index contributed by atoms with van der Waals surface area (Å²) in [6.07, 6.45) is -9.14. The van der Waals surface area contributed by atoms with Crippen LogP contribution in [0.3, 0.4) is 0 Å². The molecule has 0 amide bonds. The molecule has 31 heavy (non-hydrogen) atoms. The Balaban J connectivity index is 3.15. The van der Waals surface area contributed by atoms with Gasteiger partial charge in [-0.1, -0.05) is 0 Å². The van der Waals surface area contributed by atoms with E-state index in [0.29, 0.717) is 0 Å². The van der Waals surface area contributed by atoms with E-state index in [9.17, 15) is 57.1 Å². The van der Waals surface area contributed by atoms with Gasteiger partial charge in [0.05, 0.1) is 13.0 Å². The molecular formula is C13H9BF13NO3. The van der Waals surface area contributed by atoms with E-state index in [4.69, 9.17) is 10.0 Å². The van der Waals surface area contributed by atoms with Crippen molar-refractivity contribution >= 4 is 12.7 Å². The van der Waals surface area contributed by atoms with Gasteiger partial charge in [0.25, 0.3) is 0 Å². The summed E-state index contributed by atoms with van der Waals surface area (Å²) in [6.45, 7) is -1.73. The molecule has 18 heteroatoms. The summed E-state index contributed by atoms with van der Waals surface area (Å²) in [7, 11) is -2.38. The molecule has 0 aliphatic carbocycles. The van der Waals surface area contributed by atoms with Crippen LogP contribution in [0, 0.1) is 0 Å². The molecule has 178 valence electrons. The Morgan fingerprint density at radius 1 is 0.774 bits per heavy atom. The Kier molecular flexibility index (Phi) is 7.14. The van der Waals surface area contributed by atoms with Crippen LogP contribution >= 0.6 is 0 Å². The molecule has 0 fully saturated rings. The molecule has 0 unspecified atom stereocenters. The van der Waals surface area contributed by atoms with E-state index >= 15 is 0 Å². The SMILES string of the molecule is OB(O)c1ncccc1OCCC(F)(F)C(F)(F)C(F)(F)C(F)(F)C(F)(F)C(F)(F)F. The molecule has 0 saturated heterocycles. The molecule has 0 spiro atoms. The number of alkyl halides is 13. The normalized spacial score (nSPS) is 14.5. The van der Waals surface area contributed by atoms with Crippen molar-refractivity contribution in [3.8, 4) is 5.75 Å². The number of hydrogen-bond donors (Lipinski definition) is 2. The third-order valence-corrected chi connectivity index (χ3v) is 3.72. The van der Waals surface area contributed by atoms with Gasteiger partial charge < -0.3 is 14.8 Å². The zero-order valence-electron chi connectivity index (χ0n) is 14.4. The second-order valence-electron chi connectivity index (χ2n) is 5.86. The van der Waals surface area contributed by atoms with Crippen molar-refractivity contribution < 1.29 is 71.9 Å². The lowest BCUT2D eigenvalue weighted by Gasteiger charge is -2.39. The largest absolute Gasteiger partial charge is 0.512 e. The summed E-state index contributed by atoms with van der Waals surface area (Å²) >= 11 is 0. The third-order valence-electron chi connectivity index (χ3n) is 3.72. The lowest BCUT2D eigenvalue weighted by atomic mass is 9.85. The van der Waals surface area contributed by atoms with Crippen LogP contribution in [-0.2, 0) is 0 Å². The standard InChI is InChI=1S/C13H9BF13NO3/c15-8(16,3-5-31-6-2-1-4-28-7(6)14(29)30)9(17,18)10(19,20)11(21,22)12(23,24)13(25,26)27/h1-2,4,29-30H,3,5H2. The van der Waals surface area contributed by atoms with E-state index in [-0.39, 0.29) is 0 Å². The number of ether oxygens (including phenoxy) is 1. The van der Waals surface area contributed by atoms with Gasteiger partial charge in [0.2, 0.25) is 0 Å². The van der Waals surface area contributed by atoms with Gasteiger partial charge >= 0.3 is 42.9 Å². The molecule has 1 rings (SSSR count). The molecule has 1 heterocycles. The van der Waals surface area contributed by atoms with Crippen molar-refractivity contribution in [1.29, 1.82) is 0 Å². The fourth-order valence-corrected chi connectivity index (χ4v) is 1.97. The average molecular weight is 485 g/mol. The summed E-state index contributed by atoms with van der Waals surface area (Å²) in [5.74, 6) is -38.1. The predicted octanol–water partition coefficient (Wildman–Crippen LogP) is 3.27. The number of hydrogen-bond acceptors (Lipinski definition) is 4. The zero-order valence-corrected chi connectivity index (χ0v) is 14.4. The molecule has 0 atom stereocenters. The molecule has 0 aliphatic rings. The third kappa shape index (κ3) is 4.49. The number of aromatic nitrogens is 1. The number of pyridine rings is 1. The van der Waals surface area contributed by atoms with Crippen molar-refractivity contribution in [2.75, 3.05) is 6.61 Å². The first-order valence-electron chi connectivity index (χ1n) is 7.55. The second-order valence-corrected chi connectivity index (χ2v) is 5.86. The van der Waals surface area contributed by atoms with E-state index in [1.165, 1.54) is 0 Å². The van der Waals surface area contributed by atoms with Gasteiger partial charge in [-0.05, 0) is 12.1 Å². The first-order valence-corrected chi connectivity index (χ1v) is 7.55. The van der Waals surface area contributed by atoms with Crippen LogP contribution in [0.2, 0.25) is 0 Å². The topological polar surface area (TPSA) is 62.6 Å². The van der Waals surface area contributed by atoms with Gasteiger partial charge in [0, 0.05) is 6.20 Å². The Hall–Kier alpha value is -1.98. The Morgan fingerprint density at radius 2 is 1.26 bits per heavy atom. The minimum absolute atomic E-state index is 0.752. The molecule has 0 aliphatic heterocycles. The summed E-state index contributed by atoms with van der Waals surface area (Å²) in [4.78, 5) is 3.29. The highest BCUT2D eigenvalue weighted by Gasteiger charge is 2.90. The molecule has 0 aromatic carbocycles. The minimum Gasteiger partial charge on any atom is -0.492 e. The van der Waals surface area contributed by atoms with Crippen LogP contribution < -0.4 is 10.3 Å². The number of rotatable bonds is 9. The second kappa shape index (κ2) is 8.18. The maximum absolute atomic E-state index is 13.6. The summed E-state index contributed by atoms with van der Waals surface area (Å²) in [6, 6.07) is 1.81. The minimum atomic E-state index is -7.97. The lowest BCUT2D eigenvalue weighted by molar-refractivity contribution is -0.440. The van der Waals surface area contributed by atoms with Crippen molar-refractivity contribution in [3.05, 3.63) is 18.3 Å². The van der Waals surface area contributed by atoms with Gasteiger partial charge in [-0.15, -0.1) is 0 Å². The molecule has 0 radical (unpaired) electrons. The number of nitrogens with zero attached hydrogens (tertiary/aromatic N) is 1. The highest BCUT2D eigenvalue weighted by atomic mass is 19.4. The maximum Gasteiger partial charge on any atom is 0.512 e. The highest BCUT2D eigenvalue weighted by Crippen LogP contribution is 2.60. The monoisotopic (exact) mass is 485 g/mol. The van der Waals surface area contributed by atoms with Gasteiger partial charge in [-0.3, -0.25) is 4.98 Å². The molecule has 0 saturated carbocycles. The van der Waals surface area contributed by atoms with Gasteiger partial charge in [0.15, 0.2) is 0 Å². The number of halogens is 13. The van der Waals surface area contributed by atoms with E-state index in [0.717, 1.165) is 18.3 Å². The molecule has 1 aromatic heterocycles. The van der Waals surface area contributed by atoms with Crippen LogP contribution in [0.5, 0.6) is 5.75 Å². The predicted molar refractivity (Wildman–Crippen MR) is 75.0 cm³/mol. The zero-order chi connectivity index (χ0) is 24.7. The molecular weight excluding hydrogens is 476 g/mol. The Bertz CT molecular complexity index is 769. The van der Waals surface area contributed by atoms with Gasteiger partial charge in [0.1, 0.15) is 11.3 Å². The molecule has 2 N–H and O–H groups in total. The van der Waals surface area contributed by atoms with Gasteiger partial charge in [-0.25, -0.2) is 0 Å². The first kappa shape index (κ1) is 27.1. The highest BCUT2D eigenvalue weighted by molar-refractivity contribution is 6.58. The lowest BCUT2D eigenvalue weighted by Crippen LogP contribution is -2.70. The Labute approximate surface area is 163 Å².